The number of hydrogen-bond donors (Lipinski definition) is 1. The molecule has 0 aliphatic rings. The van der Waals surface area contributed by atoms with Crippen molar-refractivity contribution in [1.82, 2.24) is 0 Å². The number of rotatable bonds is 5. The molecule has 3 heteroatoms. The average molecular weight is 286 g/mol. The van der Waals surface area contributed by atoms with Crippen molar-refractivity contribution in [2.45, 2.75) is 53.0 Å². The van der Waals surface area contributed by atoms with Crippen LogP contribution in [0.4, 0.5) is 4.39 Å². The van der Waals surface area contributed by atoms with E-state index < -0.39 is 0 Å². The Bertz CT molecular complexity index is 412. The molecule has 0 spiro atoms. The molecule has 2 atom stereocenters. The maximum absolute atomic E-state index is 13.3. The molecule has 2 N–H and O–H groups in total. The molecule has 0 aliphatic carbocycles. The van der Waals surface area contributed by atoms with E-state index in [1.807, 2.05) is 6.07 Å². The van der Waals surface area contributed by atoms with Gasteiger partial charge < -0.3 is 5.73 Å². The van der Waals surface area contributed by atoms with Crippen molar-refractivity contribution in [3.05, 3.63) is 34.6 Å². The van der Waals surface area contributed by atoms with Crippen molar-refractivity contribution < 1.29 is 4.39 Å². The fourth-order valence-electron chi connectivity index (χ4n) is 2.72. The van der Waals surface area contributed by atoms with E-state index in [1.165, 1.54) is 6.07 Å². The Kier molecular flexibility index (Phi) is 5.82. The summed E-state index contributed by atoms with van der Waals surface area (Å²) in [4.78, 5) is 0. The van der Waals surface area contributed by atoms with Crippen LogP contribution in [-0.2, 0) is 6.42 Å². The van der Waals surface area contributed by atoms with E-state index in [9.17, 15) is 4.39 Å². The Balaban J connectivity index is 2.56. The highest BCUT2D eigenvalue weighted by atomic mass is 35.5. The highest BCUT2D eigenvalue weighted by Gasteiger charge is 2.18. The first-order chi connectivity index (χ1) is 8.69. The van der Waals surface area contributed by atoms with Gasteiger partial charge in [-0.15, -0.1) is 0 Å². The minimum atomic E-state index is -0.367. The number of benzene rings is 1. The first-order valence-corrected chi connectivity index (χ1v) is 7.25. The van der Waals surface area contributed by atoms with E-state index in [0.29, 0.717) is 17.8 Å². The molecule has 1 aromatic rings. The van der Waals surface area contributed by atoms with Crippen LogP contribution < -0.4 is 5.73 Å². The van der Waals surface area contributed by atoms with Gasteiger partial charge >= 0.3 is 0 Å². The van der Waals surface area contributed by atoms with Gasteiger partial charge in [0.2, 0.25) is 0 Å². The van der Waals surface area contributed by atoms with Gasteiger partial charge in [-0.2, -0.15) is 0 Å². The van der Waals surface area contributed by atoms with Crippen molar-refractivity contribution in [3.8, 4) is 0 Å². The van der Waals surface area contributed by atoms with E-state index in [4.69, 9.17) is 17.3 Å². The molecule has 0 aromatic heterocycles. The molecule has 108 valence electrons. The summed E-state index contributed by atoms with van der Waals surface area (Å²) in [6.07, 6.45) is 2.70. The van der Waals surface area contributed by atoms with Crippen LogP contribution in [0.3, 0.4) is 0 Å². The molecule has 1 rings (SSSR count). The standard InChI is InChI=1S/C16H25ClFN/c1-11(10-16(2,3)4)8-13(19)9-12-6-5-7-14(18)15(12)17/h5-7,11,13H,8-10,19H2,1-4H3. The third-order valence-corrected chi connectivity index (χ3v) is 3.60. The first-order valence-electron chi connectivity index (χ1n) is 6.87. The second-order valence-corrected chi connectivity index (χ2v) is 7.16. The zero-order chi connectivity index (χ0) is 14.6. The Morgan fingerprint density at radius 2 is 1.95 bits per heavy atom. The Hall–Kier alpha value is -0.600. The fourth-order valence-corrected chi connectivity index (χ4v) is 2.92. The van der Waals surface area contributed by atoms with Crippen molar-refractivity contribution in [3.63, 3.8) is 0 Å². The van der Waals surface area contributed by atoms with Gasteiger partial charge in [0, 0.05) is 6.04 Å². The second kappa shape index (κ2) is 6.71. The van der Waals surface area contributed by atoms with Crippen LogP contribution >= 0.6 is 11.6 Å². The predicted molar refractivity (Wildman–Crippen MR) is 80.9 cm³/mol. The minimum absolute atomic E-state index is 0.0247. The summed E-state index contributed by atoms with van der Waals surface area (Å²) in [6.45, 7) is 8.92. The molecule has 19 heavy (non-hydrogen) atoms. The van der Waals surface area contributed by atoms with Crippen molar-refractivity contribution >= 4 is 11.6 Å². The Labute approximate surface area is 121 Å². The molecule has 0 saturated heterocycles. The topological polar surface area (TPSA) is 26.0 Å². The van der Waals surface area contributed by atoms with Gasteiger partial charge in [0.15, 0.2) is 0 Å². The molecule has 0 bridgehead atoms. The number of nitrogens with two attached hydrogens (primary N) is 1. The third kappa shape index (κ3) is 5.92. The first kappa shape index (κ1) is 16.5. The zero-order valence-electron chi connectivity index (χ0n) is 12.3. The van der Waals surface area contributed by atoms with Crippen LogP contribution in [0.2, 0.25) is 5.02 Å². The molecule has 1 nitrogen and oxygen atoms in total. The lowest BCUT2D eigenvalue weighted by Crippen LogP contribution is -2.27. The van der Waals surface area contributed by atoms with Crippen molar-refractivity contribution in [2.24, 2.45) is 17.1 Å². The highest BCUT2D eigenvalue weighted by Crippen LogP contribution is 2.27. The third-order valence-electron chi connectivity index (χ3n) is 3.18. The lowest BCUT2D eigenvalue weighted by Gasteiger charge is -2.25. The van der Waals surface area contributed by atoms with Crippen LogP contribution in [0.1, 0.15) is 46.1 Å². The molecule has 0 fully saturated rings. The highest BCUT2D eigenvalue weighted by molar-refractivity contribution is 6.31. The van der Waals surface area contributed by atoms with Crippen LogP contribution in [0, 0.1) is 17.2 Å². The SMILES string of the molecule is CC(CC(N)Cc1cccc(F)c1Cl)CC(C)(C)C. The summed E-state index contributed by atoms with van der Waals surface area (Å²) in [7, 11) is 0. The van der Waals surface area contributed by atoms with Crippen molar-refractivity contribution in [2.75, 3.05) is 0 Å². The molecule has 2 unspecified atom stereocenters. The lowest BCUT2D eigenvalue weighted by molar-refractivity contribution is 0.285. The molecular formula is C16H25ClFN. The molecule has 0 amide bonds. The van der Waals surface area contributed by atoms with Gasteiger partial charge in [-0.3, -0.25) is 0 Å². The van der Waals surface area contributed by atoms with Crippen LogP contribution in [0.15, 0.2) is 18.2 Å². The largest absolute Gasteiger partial charge is 0.327 e. The smallest absolute Gasteiger partial charge is 0.142 e. The molecule has 0 aliphatic heterocycles. The predicted octanol–water partition coefficient (Wildman–Crippen LogP) is 4.81. The quantitative estimate of drug-likeness (QED) is 0.825. The van der Waals surface area contributed by atoms with E-state index in [-0.39, 0.29) is 16.9 Å². The van der Waals surface area contributed by atoms with Gasteiger partial charge in [-0.25, -0.2) is 4.39 Å². The maximum Gasteiger partial charge on any atom is 0.142 e. The van der Waals surface area contributed by atoms with Crippen molar-refractivity contribution in [1.29, 1.82) is 0 Å². The van der Waals surface area contributed by atoms with Crippen LogP contribution in [0.5, 0.6) is 0 Å². The molecular weight excluding hydrogens is 261 g/mol. The summed E-state index contributed by atoms with van der Waals surface area (Å²) in [5.74, 6) is 0.191. The molecule has 0 heterocycles. The maximum atomic E-state index is 13.3. The Morgan fingerprint density at radius 3 is 2.53 bits per heavy atom. The van der Waals surface area contributed by atoms with Gasteiger partial charge in [0.1, 0.15) is 5.82 Å². The minimum Gasteiger partial charge on any atom is -0.327 e. The van der Waals surface area contributed by atoms with Gasteiger partial charge in [0.25, 0.3) is 0 Å². The van der Waals surface area contributed by atoms with Crippen LogP contribution in [0.25, 0.3) is 0 Å². The van der Waals surface area contributed by atoms with Crippen LogP contribution in [-0.4, -0.2) is 6.04 Å². The van der Waals surface area contributed by atoms with Gasteiger partial charge in [-0.05, 0) is 42.2 Å². The number of halogens is 2. The van der Waals surface area contributed by atoms with E-state index in [0.717, 1.165) is 18.4 Å². The summed E-state index contributed by atoms with van der Waals surface area (Å²) in [5, 5.41) is 0.210. The summed E-state index contributed by atoms with van der Waals surface area (Å²) in [5.41, 5.74) is 7.28. The zero-order valence-corrected chi connectivity index (χ0v) is 13.1. The van der Waals surface area contributed by atoms with E-state index >= 15 is 0 Å². The Morgan fingerprint density at radius 1 is 1.32 bits per heavy atom. The lowest BCUT2D eigenvalue weighted by atomic mass is 9.82. The van der Waals surface area contributed by atoms with E-state index in [1.54, 1.807) is 6.07 Å². The normalized spacial score (nSPS) is 15.3. The second-order valence-electron chi connectivity index (χ2n) is 6.78. The summed E-state index contributed by atoms with van der Waals surface area (Å²) < 4.78 is 13.3. The molecule has 1 aromatic carbocycles. The van der Waals surface area contributed by atoms with E-state index in [2.05, 4.69) is 27.7 Å². The fraction of sp³-hybridized carbons (Fsp3) is 0.625. The number of hydrogen-bond acceptors (Lipinski definition) is 1. The molecule has 0 radical (unpaired) electrons. The molecule has 0 saturated carbocycles. The summed E-state index contributed by atoms with van der Waals surface area (Å²) >= 11 is 5.95. The summed E-state index contributed by atoms with van der Waals surface area (Å²) in [6, 6.07) is 4.93. The monoisotopic (exact) mass is 285 g/mol. The average Bonchev–Trinajstić information content (AvgIpc) is 2.21. The van der Waals surface area contributed by atoms with Gasteiger partial charge in [0.05, 0.1) is 5.02 Å². The van der Waals surface area contributed by atoms with Gasteiger partial charge in [-0.1, -0.05) is 51.4 Å².